The van der Waals surface area contributed by atoms with E-state index in [2.05, 4.69) is 15.0 Å². The lowest BCUT2D eigenvalue weighted by molar-refractivity contribution is -0.0262. The average Bonchev–Trinajstić information content (AvgIpc) is 2.96. The van der Waals surface area contributed by atoms with Gasteiger partial charge < -0.3 is 36.1 Å². The minimum absolute atomic E-state index is 0.0166. The lowest BCUT2D eigenvalue weighted by atomic mass is 10.1. The van der Waals surface area contributed by atoms with Gasteiger partial charge in [0.15, 0.2) is 11.5 Å². The van der Waals surface area contributed by atoms with Crippen molar-refractivity contribution in [3.8, 4) is 0 Å². The van der Waals surface area contributed by atoms with Crippen LogP contribution in [0, 0.1) is 0 Å². The third-order valence-electron chi connectivity index (χ3n) is 3.53. The third kappa shape index (κ3) is 2.27. The molecule has 114 valence electrons. The Balaban J connectivity index is 1.89. The van der Waals surface area contributed by atoms with E-state index >= 15 is 0 Å². The Bertz CT molecular complexity index is 661. The van der Waals surface area contributed by atoms with Gasteiger partial charge in [-0.15, -0.1) is 0 Å². The van der Waals surface area contributed by atoms with E-state index in [-0.39, 0.29) is 24.9 Å². The molecular formula is C11H16N6O4. The summed E-state index contributed by atoms with van der Waals surface area (Å²) in [5, 5.41) is 28.7. The van der Waals surface area contributed by atoms with Crippen LogP contribution in [0.15, 0.2) is 6.33 Å². The van der Waals surface area contributed by atoms with E-state index in [4.69, 9.17) is 21.3 Å². The van der Waals surface area contributed by atoms with Gasteiger partial charge in [-0.2, -0.15) is 9.97 Å². The van der Waals surface area contributed by atoms with Crippen LogP contribution in [0.3, 0.4) is 0 Å². The molecule has 10 heteroatoms. The highest BCUT2D eigenvalue weighted by molar-refractivity contribution is 5.82. The molecule has 21 heavy (non-hydrogen) atoms. The quantitative estimate of drug-likeness (QED) is 0.410. The van der Waals surface area contributed by atoms with Crippen molar-refractivity contribution in [2.45, 2.75) is 31.0 Å². The first-order chi connectivity index (χ1) is 10.0. The smallest absolute Gasteiger partial charge is 0.224 e. The number of fused-ring (bicyclic) bond motifs is 1. The molecule has 4 atom stereocenters. The number of ether oxygens (including phenoxy) is 1. The number of imidazole rings is 1. The maximum absolute atomic E-state index is 9.94. The second-order valence-corrected chi connectivity index (χ2v) is 4.91. The molecule has 0 amide bonds. The van der Waals surface area contributed by atoms with Crippen molar-refractivity contribution in [1.82, 2.24) is 19.5 Å². The Kier molecular flexibility index (Phi) is 3.37. The van der Waals surface area contributed by atoms with Crippen LogP contribution in [0.4, 0.5) is 11.8 Å². The van der Waals surface area contributed by atoms with Crippen LogP contribution in [0.5, 0.6) is 0 Å². The molecule has 2 aromatic rings. The molecule has 0 bridgehead atoms. The topological polar surface area (TPSA) is 166 Å². The first-order valence-corrected chi connectivity index (χ1v) is 6.37. The van der Waals surface area contributed by atoms with Gasteiger partial charge in [-0.05, 0) is 0 Å². The Morgan fingerprint density at radius 3 is 2.57 bits per heavy atom. The Labute approximate surface area is 119 Å². The second kappa shape index (κ2) is 5.07. The zero-order valence-corrected chi connectivity index (χ0v) is 11.0. The van der Waals surface area contributed by atoms with Crippen LogP contribution in [-0.2, 0) is 11.3 Å². The number of aliphatic hydroxyl groups is 3. The van der Waals surface area contributed by atoms with Crippen molar-refractivity contribution in [2.24, 2.45) is 0 Å². The van der Waals surface area contributed by atoms with E-state index in [1.807, 2.05) is 0 Å². The molecule has 0 aliphatic carbocycles. The number of nitrogens with two attached hydrogens (primary N) is 2. The fraction of sp³-hybridized carbons (Fsp3) is 0.545. The summed E-state index contributed by atoms with van der Waals surface area (Å²) in [5.74, 6) is 0.181. The van der Waals surface area contributed by atoms with Crippen LogP contribution < -0.4 is 11.5 Å². The molecule has 1 fully saturated rings. The molecule has 10 nitrogen and oxygen atoms in total. The van der Waals surface area contributed by atoms with E-state index < -0.39 is 24.4 Å². The standard InChI is InChI=1S/C11H16N6O4/c12-9-6-10(16-11(13)15-9)17(3-14-6)1-4-7(19)8(20)5(2-18)21-4/h3-5,7-8,18-20H,1-2H2,(H4,12,13,15,16)/t4-,5+,7+,8+/m0/s1. The third-order valence-corrected chi connectivity index (χ3v) is 3.53. The summed E-state index contributed by atoms with van der Waals surface area (Å²) in [5.41, 5.74) is 12.1. The molecule has 1 aliphatic rings. The lowest BCUT2D eigenvalue weighted by Crippen LogP contribution is -2.35. The molecule has 7 N–H and O–H groups in total. The summed E-state index contributed by atoms with van der Waals surface area (Å²) in [6.45, 7) is -0.192. The number of rotatable bonds is 3. The Morgan fingerprint density at radius 2 is 1.90 bits per heavy atom. The van der Waals surface area contributed by atoms with Gasteiger partial charge in [0.05, 0.1) is 19.5 Å². The molecule has 1 saturated heterocycles. The molecule has 3 rings (SSSR count). The van der Waals surface area contributed by atoms with Crippen molar-refractivity contribution in [2.75, 3.05) is 18.1 Å². The fourth-order valence-corrected chi connectivity index (χ4v) is 2.44. The molecule has 1 aliphatic heterocycles. The first-order valence-electron chi connectivity index (χ1n) is 6.37. The largest absolute Gasteiger partial charge is 0.394 e. The number of nitrogen functional groups attached to an aromatic ring is 2. The van der Waals surface area contributed by atoms with Crippen molar-refractivity contribution in [1.29, 1.82) is 0 Å². The molecular weight excluding hydrogens is 280 g/mol. The number of anilines is 2. The maximum atomic E-state index is 9.94. The minimum Gasteiger partial charge on any atom is -0.394 e. The summed E-state index contributed by atoms with van der Waals surface area (Å²) in [7, 11) is 0. The average molecular weight is 296 g/mol. The molecule has 0 spiro atoms. The predicted molar refractivity (Wildman–Crippen MR) is 71.9 cm³/mol. The highest BCUT2D eigenvalue weighted by Crippen LogP contribution is 2.24. The van der Waals surface area contributed by atoms with E-state index in [0.717, 1.165) is 0 Å². The summed E-state index contributed by atoms with van der Waals surface area (Å²) >= 11 is 0. The van der Waals surface area contributed by atoms with Crippen LogP contribution >= 0.6 is 0 Å². The Hall–Kier alpha value is -2.01. The van der Waals surface area contributed by atoms with Gasteiger partial charge in [0, 0.05) is 0 Å². The number of hydrogen-bond donors (Lipinski definition) is 5. The van der Waals surface area contributed by atoms with E-state index in [0.29, 0.717) is 11.2 Å². The maximum Gasteiger partial charge on any atom is 0.224 e. The number of aliphatic hydroxyl groups excluding tert-OH is 3. The normalized spacial score (nSPS) is 29.3. The minimum atomic E-state index is -1.14. The van der Waals surface area contributed by atoms with Gasteiger partial charge in [-0.3, -0.25) is 0 Å². The second-order valence-electron chi connectivity index (χ2n) is 4.91. The first kappa shape index (κ1) is 13.9. The predicted octanol–water partition coefficient (Wildman–Crippen LogP) is -2.53. The molecule has 0 radical (unpaired) electrons. The van der Waals surface area contributed by atoms with Gasteiger partial charge in [0.25, 0.3) is 0 Å². The Morgan fingerprint density at radius 1 is 1.19 bits per heavy atom. The van der Waals surface area contributed by atoms with Gasteiger partial charge >= 0.3 is 0 Å². The number of aromatic nitrogens is 4. The van der Waals surface area contributed by atoms with Gasteiger partial charge in [-0.1, -0.05) is 0 Å². The number of nitrogens with zero attached hydrogens (tertiary/aromatic N) is 4. The van der Waals surface area contributed by atoms with Gasteiger partial charge in [-0.25, -0.2) is 4.98 Å². The summed E-state index contributed by atoms with van der Waals surface area (Å²) in [6.07, 6.45) is -2.30. The van der Waals surface area contributed by atoms with Crippen molar-refractivity contribution >= 4 is 22.9 Å². The summed E-state index contributed by atoms with van der Waals surface area (Å²) in [6, 6.07) is 0. The molecule has 0 aromatic carbocycles. The highest BCUT2D eigenvalue weighted by atomic mass is 16.6. The molecule has 2 aromatic heterocycles. The zero-order valence-electron chi connectivity index (χ0n) is 11.0. The van der Waals surface area contributed by atoms with E-state index in [1.54, 1.807) is 4.57 Å². The van der Waals surface area contributed by atoms with Gasteiger partial charge in [0.2, 0.25) is 5.95 Å². The van der Waals surface area contributed by atoms with Crippen molar-refractivity contribution in [3.63, 3.8) is 0 Å². The fourth-order valence-electron chi connectivity index (χ4n) is 2.44. The molecule has 0 unspecified atom stereocenters. The molecule has 3 heterocycles. The highest BCUT2D eigenvalue weighted by Gasteiger charge is 2.42. The lowest BCUT2D eigenvalue weighted by Gasteiger charge is -2.15. The van der Waals surface area contributed by atoms with Crippen LogP contribution in [0.1, 0.15) is 0 Å². The van der Waals surface area contributed by atoms with Crippen molar-refractivity contribution in [3.05, 3.63) is 6.33 Å². The van der Waals surface area contributed by atoms with Crippen LogP contribution in [0.25, 0.3) is 11.2 Å². The van der Waals surface area contributed by atoms with Crippen LogP contribution in [0.2, 0.25) is 0 Å². The zero-order chi connectivity index (χ0) is 15.1. The summed E-state index contributed by atoms with van der Waals surface area (Å²) < 4.78 is 7.01. The van der Waals surface area contributed by atoms with Crippen LogP contribution in [-0.4, -0.2) is 65.9 Å². The van der Waals surface area contributed by atoms with Crippen molar-refractivity contribution < 1.29 is 20.1 Å². The van der Waals surface area contributed by atoms with E-state index in [9.17, 15) is 10.2 Å². The summed E-state index contributed by atoms with van der Waals surface area (Å²) in [4.78, 5) is 12.0. The van der Waals surface area contributed by atoms with Gasteiger partial charge in [0.1, 0.15) is 29.9 Å². The van der Waals surface area contributed by atoms with E-state index in [1.165, 1.54) is 6.33 Å². The molecule has 0 saturated carbocycles. The number of hydrogen-bond acceptors (Lipinski definition) is 9. The SMILES string of the molecule is Nc1nc(N)c2ncn(C[C@@H]3O[C@H](CO)[C@@H](O)[C@@H]3O)c2n1. The monoisotopic (exact) mass is 296 g/mol.